The van der Waals surface area contributed by atoms with Gasteiger partial charge in [0, 0.05) is 19.2 Å². The summed E-state index contributed by atoms with van der Waals surface area (Å²) in [6, 6.07) is 17.1. The molecule has 0 unspecified atom stereocenters. The molecular formula is C21H25N3O3. The maximum Gasteiger partial charge on any atom is 0.257 e. The van der Waals surface area contributed by atoms with Crippen LogP contribution in [0.5, 0.6) is 11.5 Å². The lowest BCUT2D eigenvalue weighted by Gasteiger charge is -2.17. The number of benzene rings is 2. The third kappa shape index (κ3) is 7.00. The van der Waals surface area contributed by atoms with Crippen molar-refractivity contribution in [2.24, 2.45) is 0 Å². The second-order valence-electron chi connectivity index (χ2n) is 6.19. The molecule has 1 N–H and O–H groups in total. The molecule has 6 nitrogen and oxygen atoms in total. The summed E-state index contributed by atoms with van der Waals surface area (Å²) in [6.07, 6.45) is 0.856. The Morgan fingerprint density at radius 3 is 2.67 bits per heavy atom. The SMILES string of the molecule is COc1cc(C#N)ccc1OCC(=O)NCCCN(C)Cc1ccccc1. The third-order valence-corrected chi connectivity index (χ3v) is 3.99. The highest BCUT2D eigenvalue weighted by Crippen LogP contribution is 2.27. The number of carbonyl (C=O) groups excluding carboxylic acids is 1. The third-order valence-electron chi connectivity index (χ3n) is 3.99. The number of nitrogens with one attached hydrogen (secondary N) is 1. The summed E-state index contributed by atoms with van der Waals surface area (Å²) in [5.74, 6) is 0.686. The summed E-state index contributed by atoms with van der Waals surface area (Å²) >= 11 is 0. The van der Waals surface area contributed by atoms with Crippen molar-refractivity contribution < 1.29 is 14.3 Å². The molecule has 0 aliphatic rings. The number of ether oxygens (including phenoxy) is 2. The molecule has 6 heteroatoms. The number of carbonyl (C=O) groups is 1. The van der Waals surface area contributed by atoms with Gasteiger partial charge in [-0.15, -0.1) is 0 Å². The monoisotopic (exact) mass is 367 g/mol. The minimum absolute atomic E-state index is 0.0951. The molecule has 0 fully saturated rings. The van der Waals surface area contributed by atoms with Crippen LogP contribution < -0.4 is 14.8 Å². The topological polar surface area (TPSA) is 74.6 Å². The summed E-state index contributed by atoms with van der Waals surface area (Å²) in [5, 5.41) is 11.7. The number of rotatable bonds is 10. The highest BCUT2D eigenvalue weighted by atomic mass is 16.5. The molecule has 2 rings (SSSR count). The number of nitrogens with zero attached hydrogens (tertiary/aromatic N) is 2. The van der Waals surface area contributed by atoms with Gasteiger partial charge in [0.2, 0.25) is 0 Å². The number of amides is 1. The van der Waals surface area contributed by atoms with Crippen LogP contribution in [0.15, 0.2) is 48.5 Å². The van der Waals surface area contributed by atoms with Gasteiger partial charge in [-0.05, 0) is 37.7 Å². The molecule has 0 atom stereocenters. The minimum Gasteiger partial charge on any atom is -0.493 e. The van der Waals surface area contributed by atoms with Crippen LogP contribution in [0.3, 0.4) is 0 Å². The number of hydrogen-bond acceptors (Lipinski definition) is 5. The van der Waals surface area contributed by atoms with Crippen molar-refractivity contribution >= 4 is 5.91 Å². The van der Waals surface area contributed by atoms with Crippen LogP contribution in [0.2, 0.25) is 0 Å². The van der Waals surface area contributed by atoms with Crippen LogP contribution in [0, 0.1) is 11.3 Å². The molecule has 142 valence electrons. The lowest BCUT2D eigenvalue weighted by atomic mass is 10.2. The second-order valence-corrected chi connectivity index (χ2v) is 6.19. The van der Waals surface area contributed by atoms with E-state index in [1.807, 2.05) is 24.3 Å². The Morgan fingerprint density at radius 2 is 1.96 bits per heavy atom. The fraction of sp³-hybridized carbons (Fsp3) is 0.333. The molecule has 1 amide bonds. The number of methoxy groups -OCH3 is 1. The van der Waals surface area contributed by atoms with Gasteiger partial charge in [0.05, 0.1) is 18.7 Å². The molecule has 0 bridgehead atoms. The van der Waals surface area contributed by atoms with Gasteiger partial charge in [-0.2, -0.15) is 5.26 Å². The van der Waals surface area contributed by atoms with Crippen molar-refractivity contribution in [3.63, 3.8) is 0 Å². The molecular weight excluding hydrogens is 342 g/mol. The van der Waals surface area contributed by atoms with Crippen molar-refractivity contribution in [3.05, 3.63) is 59.7 Å². The molecule has 0 aliphatic carbocycles. The highest BCUT2D eigenvalue weighted by molar-refractivity contribution is 5.77. The van der Waals surface area contributed by atoms with Crippen molar-refractivity contribution in [3.8, 4) is 17.6 Å². The molecule has 0 spiro atoms. The van der Waals surface area contributed by atoms with Crippen LogP contribution >= 0.6 is 0 Å². The van der Waals surface area contributed by atoms with E-state index in [4.69, 9.17) is 14.7 Å². The van der Waals surface area contributed by atoms with Gasteiger partial charge in [0.25, 0.3) is 5.91 Å². The number of nitriles is 1. The van der Waals surface area contributed by atoms with Crippen molar-refractivity contribution in [2.75, 3.05) is 33.9 Å². The van der Waals surface area contributed by atoms with Crippen LogP contribution in [0.4, 0.5) is 0 Å². The van der Waals surface area contributed by atoms with Gasteiger partial charge in [-0.1, -0.05) is 30.3 Å². The zero-order chi connectivity index (χ0) is 19.5. The van der Waals surface area contributed by atoms with E-state index in [2.05, 4.69) is 29.4 Å². The zero-order valence-corrected chi connectivity index (χ0v) is 15.8. The fourth-order valence-corrected chi connectivity index (χ4v) is 2.60. The lowest BCUT2D eigenvalue weighted by molar-refractivity contribution is -0.123. The van der Waals surface area contributed by atoms with Gasteiger partial charge in [-0.25, -0.2) is 0 Å². The largest absolute Gasteiger partial charge is 0.493 e. The van der Waals surface area contributed by atoms with Crippen molar-refractivity contribution in [1.29, 1.82) is 5.26 Å². The Morgan fingerprint density at radius 1 is 1.19 bits per heavy atom. The van der Waals surface area contributed by atoms with Crippen molar-refractivity contribution in [1.82, 2.24) is 10.2 Å². The Balaban J connectivity index is 1.66. The van der Waals surface area contributed by atoms with Gasteiger partial charge in [-0.3, -0.25) is 4.79 Å². The van der Waals surface area contributed by atoms with Crippen LogP contribution in [-0.2, 0) is 11.3 Å². The van der Waals surface area contributed by atoms with Gasteiger partial charge in [0.1, 0.15) is 0 Å². The van der Waals surface area contributed by atoms with E-state index >= 15 is 0 Å². The lowest BCUT2D eigenvalue weighted by Crippen LogP contribution is -2.31. The summed E-state index contributed by atoms with van der Waals surface area (Å²) in [6.45, 7) is 2.27. The Labute approximate surface area is 160 Å². The van der Waals surface area contributed by atoms with Gasteiger partial charge < -0.3 is 19.7 Å². The molecule has 2 aromatic carbocycles. The predicted molar refractivity (Wildman–Crippen MR) is 104 cm³/mol. The Hall–Kier alpha value is -3.04. The van der Waals surface area contributed by atoms with E-state index in [0.29, 0.717) is 23.6 Å². The predicted octanol–water partition coefficient (Wildman–Crippen LogP) is 2.58. The van der Waals surface area contributed by atoms with E-state index < -0.39 is 0 Å². The smallest absolute Gasteiger partial charge is 0.257 e. The summed E-state index contributed by atoms with van der Waals surface area (Å²) in [5.41, 5.74) is 1.75. The van der Waals surface area contributed by atoms with E-state index in [0.717, 1.165) is 19.5 Å². The molecule has 27 heavy (non-hydrogen) atoms. The Bertz CT molecular complexity index is 772. The maximum atomic E-state index is 11.9. The van der Waals surface area contributed by atoms with E-state index in [9.17, 15) is 4.79 Å². The summed E-state index contributed by atoms with van der Waals surface area (Å²) in [4.78, 5) is 14.2. The first kappa shape index (κ1) is 20.3. The molecule has 0 aliphatic heterocycles. The number of hydrogen-bond donors (Lipinski definition) is 1. The standard InChI is InChI=1S/C21H25N3O3/c1-24(15-17-7-4-3-5-8-17)12-6-11-23-21(25)16-27-19-10-9-18(14-22)13-20(19)26-2/h3-5,7-10,13H,6,11-12,15-16H2,1-2H3,(H,23,25). The quantitative estimate of drug-likeness (QED) is 0.654. The average Bonchev–Trinajstić information content (AvgIpc) is 2.70. The minimum atomic E-state index is -0.188. The first-order chi connectivity index (χ1) is 13.1. The molecule has 0 saturated carbocycles. The van der Waals surface area contributed by atoms with E-state index in [1.54, 1.807) is 18.2 Å². The first-order valence-electron chi connectivity index (χ1n) is 8.82. The summed E-state index contributed by atoms with van der Waals surface area (Å²) in [7, 11) is 3.56. The molecule has 0 aromatic heterocycles. The zero-order valence-electron chi connectivity index (χ0n) is 15.8. The molecule has 0 saturated heterocycles. The highest BCUT2D eigenvalue weighted by Gasteiger charge is 2.08. The first-order valence-corrected chi connectivity index (χ1v) is 8.82. The van der Waals surface area contributed by atoms with Gasteiger partial charge in [0.15, 0.2) is 18.1 Å². The van der Waals surface area contributed by atoms with Gasteiger partial charge >= 0.3 is 0 Å². The molecule has 0 radical (unpaired) electrons. The van der Waals surface area contributed by atoms with Crippen LogP contribution in [0.1, 0.15) is 17.5 Å². The van der Waals surface area contributed by atoms with Crippen molar-refractivity contribution in [2.45, 2.75) is 13.0 Å². The fourth-order valence-electron chi connectivity index (χ4n) is 2.60. The van der Waals surface area contributed by atoms with E-state index in [-0.39, 0.29) is 12.5 Å². The second kappa shape index (κ2) is 10.8. The van der Waals surface area contributed by atoms with Crippen LogP contribution in [-0.4, -0.2) is 44.7 Å². The maximum absolute atomic E-state index is 11.9. The van der Waals surface area contributed by atoms with Crippen LogP contribution in [0.25, 0.3) is 0 Å². The normalized spacial score (nSPS) is 10.3. The molecule has 0 heterocycles. The Kier molecular flexibility index (Phi) is 8.14. The average molecular weight is 367 g/mol. The van der Waals surface area contributed by atoms with E-state index in [1.165, 1.54) is 12.7 Å². The summed E-state index contributed by atoms with van der Waals surface area (Å²) < 4.78 is 10.7. The molecule has 2 aromatic rings.